The maximum absolute atomic E-state index is 11.9. The van der Waals surface area contributed by atoms with E-state index in [1.165, 1.54) is 35.0 Å². The summed E-state index contributed by atoms with van der Waals surface area (Å²) >= 11 is 3.87. The SMILES string of the molecule is CCC1CCC(CNC(=O)c2csc(I)c2)CC1. The van der Waals surface area contributed by atoms with Crippen LogP contribution in [0.4, 0.5) is 0 Å². The fourth-order valence-electron chi connectivity index (χ4n) is 2.61. The van der Waals surface area contributed by atoms with E-state index in [2.05, 4.69) is 34.8 Å². The predicted molar refractivity (Wildman–Crippen MR) is 85.1 cm³/mol. The highest BCUT2D eigenvalue weighted by Crippen LogP contribution is 2.30. The molecule has 1 heterocycles. The van der Waals surface area contributed by atoms with Gasteiger partial charge in [-0.25, -0.2) is 0 Å². The van der Waals surface area contributed by atoms with Crippen LogP contribution in [0.25, 0.3) is 0 Å². The lowest BCUT2D eigenvalue weighted by molar-refractivity contribution is 0.0941. The van der Waals surface area contributed by atoms with Gasteiger partial charge in [-0.1, -0.05) is 26.2 Å². The second-order valence-electron chi connectivity index (χ2n) is 5.14. The summed E-state index contributed by atoms with van der Waals surface area (Å²) in [5.41, 5.74) is 0.812. The molecule has 1 saturated carbocycles. The lowest BCUT2D eigenvalue weighted by atomic mass is 9.81. The number of hydrogen-bond donors (Lipinski definition) is 1. The van der Waals surface area contributed by atoms with Crippen LogP contribution in [-0.4, -0.2) is 12.5 Å². The second kappa shape index (κ2) is 6.89. The highest BCUT2D eigenvalue weighted by atomic mass is 127. The van der Waals surface area contributed by atoms with Crippen LogP contribution < -0.4 is 5.32 Å². The smallest absolute Gasteiger partial charge is 0.252 e. The van der Waals surface area contributed by atoms with E-state index in [1.54, 1.807) is 11.3 Å². The van der Waals surface area contributed by atoms with Crippen molar-refractivity contribution in [2.24, 2.45) is 11.8 Å². The molecule has 2 nitrogen and oxygen atoms in total. The molecular weight excluding hydrogens is 357 g/mol. The molecule has 2 rings (SSSR count). The van der Waals surface area contributed by atoms with Crippen LogP contribution in [0.2, 0.25) is 0 Å². The topological polar surface area (TPSA) is 29.1 Å². The van der Waals surface area contributed by atoms with Crippen molar-refractivity contribution < 1.29 is 4.79 Å². The number of nitrogens with one attached hydrogen (secondary N) is 1. The third-order valence-electron chi connectivity index (χ3n) is 3.92. The van der Waals surface area contributed by atoms with E-state index in [-0.39, 0.29) is 5.91 Å². The molecule has 0 spiro atoms. The summed E-state index contributed by atoms with van der Waals surface area (Å²) in [5.74, 6) is 1.71. The molecule has 0 atom stereocenters. The van der Waals surface area contributed by atoms with Gasteiger partial charge in [0.25, 0.3) is 5.91 Å². The minimum absolute atomic E-state index is 0.0896. The van der Waals surface area contributed by atoms with Crippen LogP contribution in [0, 0.1) is 14.7 Å². The highest BCUT2D eigenvalue weighted by molar-refractivity contribution is 14.1. The standard InChI is InChI=1S/C14H20INOS/c1-2-10-3-5-11(6-4-10)8-16-14(17)12-7-13(15)18-9-12/h7,9-11H,2-6,8H2,1H3,(H,16,17). The van der Waals surface area contributed by atoms with Crippen LogP contribution in [0.1, 0.15) is 49.4 Å². The molecule has 1 fully saturated rings. The number of thiophene rings is 1. The fourth-order valence-corrected chi connectivity index (χ4v) is 3.94. The Hall–Kier alpha value is -0.100. The Kier molecular flexibility index (Phi) is 5.48. The molecule has 0 aromatic carbocycles. The Morgan fingerprint density at radius 1 is 1.39 bits per heavy atom. The molecule has 1 aliphatic rings. The number of amides is 1. The summed E-state index contributed by atoms with van der Waals surface area (Å²) in [7, 11) is 0. The summed E-state index contributed by atoms with van der Waals surface area (Å²) in [5, 5.41) is 5.01. The second-order valence-corrected chi connectivity index (χ2v) is 7.95. The van der Waals surface area contributed by atoms with Gasteiger partial charge >= 0.3 is 0 Å². The first-order valence-electron chi connectivity index (χ1n) is 6.71. The molecule has 4 heteroatoms. The zero-order valence-electron chi connectivity index (χ0n) is 10.7. The van der Waals surface area contributed by atoms with E-state index in [0.717, 1.165) is 18.0 Å². The van der Waals surface area contributed by atoms with Crippen LogP contribution in [-0.2, 0) is 0 Å². The summed E-state index contributed by atoms with van der Waals surface area (Å²) in [6, 6.07) is 1.95. The number of carbonyl (C=O) groups excluding carboxylic acids is 1. The van der Waals surface area contributed by atoms with E-state index in [9.17, 15) is 4.79 Å². The largest absolute Gasteiger partial charge is 0.352 e. The van der Waals surface area contributed by atoms with E-state index >= 15 is 0 Å². The van der Waals surface area contributed by atoms with Crippen LogP contribution in [0.15, 0.2) is 11.4 Å². The van der Waals surface area contributed by atoms with E-state index in [1.807, 2.05) is 11.4 Å². The molecule has 1 aromatic heterocycles. The molecule has 100 valence electrons. The molecule has 0 aliphatic heterocycles. The maximum Gasteiger partial charge on any atom is 0.252 e. The first kappa shape index (κ1) is 14.3. The average Bonchev–Trinajstić information content (AvgIpc) is 2.83. The molecule has 1 N–H and O–H groups in total. The van der Waals surface area contributed by atoms with Crippen molar-refractivity contribution >= 4 is 39.8 Å². The third kappa shape index (κ3) is 3.95. The first-order valence-corrected chi connectivity index (χ1v) is 8.67. The van der Waals surface area contributed by atoms with Crippen molar-refractivity contribution in [3.05, 3.63) is 19.9 Å². The Labute approximate surface area is 127 Å². The van der Waals surface area contributed by atoms with Crippen molar-refractivity contribution in [3.63, 3.8) is 0 Å². The molecular formula is C14H20INOS. The summed E-state index contributed by atoms with van der Waals surface area (Å²) in [6.45, 7) is 3.13. The molecule has 0 unspecified atom stereocenters. The van der Waals surface area contributed by atoms with E-state index in [0.29, 0.717) is 5.92 Å². The molecule has 0 bridgehead atoms. The summed E-state index contributed by atoms with van der Waals surface area (Å²) < 4.78 is 1.17. The highest BCUT2D eigenvalue weighted by Gasteiger charge is 2.20. The zero-order valence-corrected chi connectivity index (χ0v) is 13.7. The number of halogens is 1. The quantitative estimate of drug-likeness (QED) is 0.779. The number of rotatable bonds is 4. The van der Waals surface area contributed by atoms with Crippen LogP contribution in [0.3, 0.4) is 0 Å². The summed E-state index contributed by atoms with van der Waals surface area (Å²) in [4.78, 5) is 11.9. The lowest BCUT2D eigenvalue weighted by Gasteiger charge is -2.27. The minimum atomic E-state index is 0.0896. The van der Waals surface area contributed by atoms with Gasteiger partial charge in [-0.05, 0) is 53.3 Å². The average molecular weight is 377 g/mol. The fraction of sp³-hybridized carbons (Fsp3) is 0.643. The molecule has 1 amide bonds. The normalized spacial score (nSPS) is 23.9. The van der Waals surface area contributed by atoms with Crippen LogP contribution in [0.5, 0.6) is 0 Å². The molecule has 0 radical (unpaired) electrons. The molecule has 18 heavy (non-hydrogen) atoms. The Balaban J connectivity index is 1.74. The minimum Gasteiger partial charge on any atom is -0.352 e. The monoisotopic (exact) mass is 377 g/mol. The Bertz CT molecular complexity index is 396. The molecule has 1 aliphatic carbocycles. The predicted octanol–water partition coefficient (Wildman–Crippen LogP) is 4.30. The molecule has 1 aromatic rings. The van der Waals surface area contributed by atoms with Crippen molar-refractivity contribution in [2.75, 3.05) is 6.54 Å². The number of carbonyl (C=O) groups is 1. The Morgan fingerprint density at radius 3 is 2.61 bits per heavy atom. The van der Waals surface area contributed by atoms with Gasteiger partial charge in [0, 0.05) is 11.9 Å². The first-order chi connectivity index (χ1) is 8.69. The van der Waals surface area contributed by atoms with Gasteiger partial charge in [-0.3, -0.25) is 4.79 Å². The van der Waals surface area contributed by atoms with Gasteiger partial charge in [0.1, 0.15) is 0 Å². The van der Waals surface area contributed by atoms with Crippen molar-refractivity contribution in [3.8, 4) is 0 Å². The van der Waals surface area contributed by atoms with Crippen molar-refractivity contribution in [1.82, 2.24) is 5.32 Å². The lowest BCUT2D eigenvalue weighted by Crippen LogP contribution is -2.31. The van der Waals surface area contributed by atoms with Crippen molar-refractivity contribution in [2.45, 2.75) is 39.0 Å². The van der Waals surface area contributed by atoms with Crippen LogP contribution >= 0.6 is 33.9 Å². The number of hydrogen-bond acceptors (Lipinski definition) is 2. The van der Waals surface area contributed by atoms with Gasteiger partial charge in [0.15, 0.2) is 0 Å². The van der Waals surface area contributed by atoms with Gasteiger partial charge in [-0.2, -0.15) is 0 Å². The van der Waals surface area contributed by atoms with Gasteiger partial charge in [0.2, 0.25) is 0 Å². The molecule has 0 saturated heterocycles. The zero-order chi connectivity index (χ0) is 13.0. The van der Waals surface area contributed by atoms with Gasteiger partial charge in [-0.15, -0.1) is 11.3 Å². The van der Waals surface area contributed by atoms with Gasteiger partial charge < -0.3 is 5.32 Å². The third-order valence-corrected chi connectivity index (χ3v) is 5.71. The van der Waals surface area contributed by atoms with E-state index in [4.69, 9.17) is 0 Å². The maximum atomic E-state index is 11.9. The van der Waals surface area contributed by atoms with E-state index < -0.39 is 0 Å². The van der Waals surface area contributed by atoms with Gasteiger partial charge in [0.05, 0.1) is 8.45 Å². The Morgan fingerprint density at radius 2 is 2.06 bits per heavy atom. The van der Waals surface area contributed by atoms with Crippen molar-refractivity contribution in [1.29, 1.82) is 0 Å². The summed E-state index contributed by atoms with van der Waals surface area (Å²) in [6.07, 6.45) is 6.55.